The highest BCUT2D eigenvalue weighted by atomic mass is 35.5. The lowest BCUT2D eigenvalue weighted by atomic mass is 10.2. The maximum atomic E-state index is 11.5. The number of carboxylic acid groups (broad SMARTS) is 1. The average Bonchev–Trinajstić information content (AvgIpc) is 2.60. The predicted molar refractivity (Wildman–Crippen MR) is 65.2 cm³/mol. The third-order valence-electron chi connectivity index (χ3n) is 2.45. The van der Waals surface area contributed by atoms with Crippen molar-refractivity contribution in [2.24, 2.45) is 0 Å². The highest BCUT2D eigenvalue weighted by Crippen LogP contribution is 2.18. The quantitative estimate of drug-likeness (QED) is 0.903. The van der Waals surface area contributed by atoms with E-state index in [1.54, 1.807) is 18.2 Å². The van der Waals surface area contributed by atoms with Gasteiger partial charge in [-0.2, -0.15) is 4.98 Å². The maximum absolute atomic E-state index is 11.5. The van der Waals surface area contributed by atoms with Crippen LogP contribution in [0, 0.1) is 6.92 Å². The topological polar surface area (TPSA) is 77.1 Å². The molecular weight excluding hydrogens is 258 g/mol. The zero-order chi connectivity index (χ0) is 13.3. The molecule has 1 aromatic heterocycles. The number of aryl methyl sites for hydroxylation is 1. The number of carboxylic acids is 1. The zero-order valence-electron chi connectivity index (χ0n) is 9.50. The highest BCUT2D eigenvalue weighted by molar-refractivity contribution is 6.30. The highest BCUT2D eigenvalue weighted by Gasteiger charge is 2.11. The Balaban J connectivity index is 2.57. The summed E-state index contributed by atoms with van der Waals surface area (Å²) in [6.07, 6.45) is 1.29. The van der Waals surface area contributed by atoms with Crippen LogP contribution in [-0.4, -0.2) is 25.4 Å². The van der Waals surface area contributed by atoms with Gasteiger partial charge in [-0.15, -0.1) is 0 Å². The van der Waals surface area contributed by atoms with Crippen LogP contribution in [0.4, 0.5) is 0 Å². The van der Waals surface area contributed by atoms with Crippen LogP contribution in [-0.2, 0) is 11.3 Å². The molecule has 2 aromatic rings. The number of aliphatic carboxylic acids is 1. The third-order valence-corrected chi connectivity index (χ3v) is 2.68. The van der Waals surface area contributed by atoms with Gasteiger partial charge in [-0.3, -0.25) is 4.79 Å². The summed E-state index contributed by atoms with van der Waals surface area (Å²) in [6, 6.07) is 5.10. The summed E-state index contributed by atoms with van der Waals surface area (Å²) in [5, 5.41) is 9.35. The number of rotatable bonds is 3. The number of carbonyl (C=O) groups is 1. The minimum absolute atomic E-state index is 0.444. The van der Waals surface area contributed by atoms with Crippen molar-refractivity contribution in [1.29, 1.82) is 0 Å². The predicted octanol–water partition coefficient (Wildman–Crippen LogP) is 1.08. The van der Waals surface area contributed by atoms with Crippen LogP contribution in [0.1, 0.15) is 5.56 Å². The minimum atomic E-state index is -1.11. The lowest BCUT2D eigenvalue weighted by Crippen LogP contribution is -2.27. The SMILES string of the molecule is Cc1cc(Cl)ccc1-n1cnc(=O)n1CC(=O)O. The van der Waals surface area contributed by atoms with Crippen molar-refractivity contribution in [3.63, 3.8) is 0 Å². The van der Waals surface area contributed by atoms with Gasteiger partial charge >= 0.3 is 11.7 Å². The van der Waals surface area contributed by atoms with Crippen LogP contribution in [0.25, 0.3) is 5.69 Å². The fourth-order valence-corrected chi connectivity index (χ4v) is 1.89. The van der Waals surface area contributed by atoms with E-state index in [0.717, 1.165) is 10.2 Å². The largest absolute Gasteiger partial charge is 0.480 e. The van der Waals surface area contributed by atoms with E-state index in [1.807, 2.05) is 6.92 Å². The molecule has 18 heavy (non-hydrogen) atoms. The Morgan fingerprint density at radius 2 is 2.22 bits per heavy atom. The van der Waals surface area contributed by atoms with E-state index in [1.165, 1.54) is 11.0 Å². The van der Waals surface area contributed by atoms with Gasteiger partial charge in [0.1, 0.15) is 12.9 Å². The monoisotopic (exact) mass is 267 g/mol. The first-order valence-corrected chi connectivity index (χ1v) is 5.49. The summed E-state index contributed by atoms with van der Waals surface area (Å²) < 4.78 is 2.45. The van der Waals surface area contributed by atoms with Gasteiger partial charge in [0.25, 0.3) is 0 Å². The Morgan fingerprint density at radius 3 is 2.83 bits per heavy atom. The van der Waals surface area contributed by atoms with Gasteiger partial charge in [0.2, 0.25) is 0 Å². The molecule has 0 aliphatic heterocycles. The summed E-state index contributed by atoms with van der Waals surface area (Å²) in [4.78, 5) is 25.8. The van der Waals surface area contributed by atoms with Crippen LogP contribution in [0.15, 0.2) is 29.3 Å². The van der Waals surface area contributed by atoms with Gasteiger partial charge in [-0.25, -0.2) is 14.2 Å². The van der Waals surface area contributed by atoms with E-state index in [-0.39, 0.29) is 0 Å². The number of aromatic nitrogens is 3. The van der Waals surface area contributed by atoms with Crippen molar-refractivity contribution in [3.05, 3.63) is 45.6 Å². The number of benzene rings is 1. The van der Waals surface area contributed by atoms with E-state index in [4.69, 9.17) is 16.7 Å². The van der Waals surface area contributed by atoms with Crippen LogP contribution in [0.5, 0.6) is 0 Å². The van der Waals surface area contributed by atoms with E-state index in [0.29, 0.717) is 10.7 Å². The van der Waals surface area contributed by atoms with Crippen molar-refractivity contribution in [2.75, 3.05) is 0 Å². The molecule has 0 fully saturated rings. The Bertz CT molecular complexity index is 660. The smallest absolute Gasteiger partial charge is 0.364 e. The number of hydrogen-bond donors (Lipinski definition) is 1. The van der Waals surface area contributed by atoms with E-state index in [2.05, 4.69) is 4.98 Å². The fourth-order valence-electron chi connectivity index (χ4n) is 1.67. The second kappa shape index (κ2) is 4.66. The second-order valence-electron chi connectivity index (χ2n) is 3.75. The zero-order valence-corrected chi connectivity index (χ0v) is 10.3. The van der Waals surface area contributed by atoms with Gasteiger partial charge in [-0.05, 0) is 30.7 Å². The first-order valence-electron chi connectivity index (χ1n) is 5.12. The first-order chi connectivity index (χ1) is 8.49. The number of nitrogens with zero attached hydrogens (tertiary/aromatic N) is 3. The maximum Gasteiger partial charge on any atom is 0.364 e. The van der Waals surface area contributed by atoms with Crippen LogP contribution < -0.4 is 5.69 Å². The third kappa shape index (κ3) is 2.28. The average molecular weight is 268 g/mol. The molecule has 0 radical (unpaired) electrons. The van der Waals surface area contributed by atoms with Crippen molar-refractivity contribution in [2.45, 2.75) is 13.5 Å². The summed E-state index contributed by atoms with van der Waals surface area (Å²) in [7, 11) is 0. The Morgan fingerprint density at radius 1 is 1.50 bits per heavy atom. The summed E-state index contributed by atoms with van der Waals surface area (Å²) in [6.45, 7) is 1.37. The molecule has 0 unspecified atom stereocenters. The second-order valence-corrected chi connectivity index (χ2v) is 4.19. The van der Waals surface area contributed by atoms with Gasteiger partial charge in [0.15, 0.2) is 0 Å². The summed E-state index contributed by atoms with van der Waals surface area (Å²) in [5.41, 5.74) is 0.876. The normalized spacial score (nSPS) is 10.6. The molecule has 0 atom stereocenters. The molecule has 1 aromatic carbocycles. The van der Waals surface area contributed by atoms with Gasteiger partial charge in [0, 0.05) is 5.02 Å². The van der Waals surface area contributed by atoms with Gasteiger partial charge < -0.3 is 5.11 Å². The molecule has 2 rings (SSSR count). The molecule has 7 heteroatoms. The number of hydrogen-bond acceptors (Lipinski definition) is 3. The molecule has 0 saturated carbocycles. The Hall–Kier alpha value is -2.08. The molecule has 94 valence electrons. The molecule has 0 aliphatic carbocycles. The summed E-state index contributed by atoms with van der Waals surface area (Å²) >= 11 is 5.85. The molecule has 0 amide bonds. The van der Waals surface area contributed by atoms with Crippen molar-refractivity contribution in [1.82, 2.24) is 14.3 Å². The molecule has 0 saturated heterocycles. The Kier molecular flexibility index (Phi) is 3.20. The van der Waals surface area contributed by atoms with Crippen LogP contribution in [0.3, 0.4) is 0 Å². The van der Waals surface area contributed by atoms with Crippen molar-refractivity contribution >= 4 is 17.6 Å². The standard InChI is InChI=1S/C11H10ClN3O3/c1-7-4-8(12)2-3-9(7)15-6-13-11(18)14(15)5-10(16)17/h2-4,6H,5H2,1H3,(H,16,17). The Labute approximate surface area is 107 Å². The number of halogens is 1. The van der Waals surface area contributed by atoms with Gasteiger partial charge in [0.05, 0.1) is 5.69 Å². The van der Waals surface area contributed by atoms with Crippen molar-refractivity contribution in [3.8, 4) is 5.69 Å². The first kappa shape index (κ1) is 12.4. The van der Waals surface area contributed by atoms with E-state index >= 15 is 0 Å². The lowest BCUT2D eigenvalue weighted by molar-refractivity contribution is -0.138. The van der Waals surface area contributed by atoms with E-state index < -0.39 is 18.2 Å². The fraction of sp³-hybridized carbons (Fsp3) is 0.182. The van der Waals surface area contributed by atoms with Crippen LogP contribution >= 0.6 is 11.6 Å². The molecule has 0 spiro atoms. The molecular formula is C11H10ClN3O3. The summed E-state index contributed by atoms with van der Waals surface area (Å²) in [5.74, 6) is -1.11. The lowest BCUT2D eigenvalue weighted by Gasteiger charge is -2.11. The molecule has 0 bridgehead atoms. The van der Waals surface area contributed by atoms with E-state index in [9.17, 15) is 9.59 Å². The van der Waals surface area contributed by atoms with Crippen LogP contribution in [0.2, 0.25) is 5.02 Å². The molecule has 0 aliphatic rings. The minimum Gasteiger partial charge on any atom is -0.480 e. The van der Waals surface area contributed by atoms with Crippen molar-refractivity contribution < 1.29 is 9.90 Å². The molecule has 6 nitrogen and oxygen atoms in total. The van der Waals surface area contributed by atoms with Gasteiger partial charge in [-0.1, -0.05) is 11.6 Å². The molecule has 1 N–H and O–H groups in total. The molecule has 1 heterocycles.